The van der Waals surface area contributed by atoms with Crippen LogP contribution in [0.5, 0.6) is 0 Å². The molecule has 94 valence electrons. The van der Waals surface area contributed by atoms with Crippen LogP contribution in [0, 0.1) is 5.92 Å². The van der Waals surface area contributed by atoms with Gasteiger partial charge in [-0.2, -0.15) is 0 Å². The highest BCUT2D eigenvalue weighted by atomic mass is 16.5. The van der Waals surface area contributed by atoms with E-state index < -0.39 is 0 Å². The Labute approximate surface area is 97.2 Å². The minimum absolute atomic E-state index is 0.128. The molecule has 4 nitrogen and oxygen atoms in total. The maximum Gasteiger partial charge on any atom is 0.0644 e. The van der Waals surface area contributed by atoms with E-state index in [4.69, 9.17) is 4.74 Å². The van der Waals surface area contributed by atoms with Gasteiger partial charge in [0.15, 0.2) is 0 Å². The zero-order valence-corrected chi connectivity index (χ0v) is 9.85. The zero-order valence-electron chi connectivity index (χ0n) is 9.85. The van der Waals surface area contributed by atoms with Gasteiger partial charge in [-0.1, -0.05) is 12.8 Å². The molecule has 0 radical (unpaired) electrons. The third-order valence-corrected chi connectivity index (χ3v) is 3.90. The predicted octanol–water partition coefficient (Wildman–Crippen LogP) is 0.231. The molecule has 0 amide bonds. The molecule has 3 unspecified atom stereocenters. The summed E-state index contributed by atoms with van der Waals surface area (Å²) in [5.41, 5.74) is 0. The topological polar surface area (TPSA) is 52.9 Å². The van der Waals surface area contributed by atoms with E-state index in [2.05, 4.69) is 4.90 Å². The first-order chi connectivity index (χ1) is 7.81. The molecule has 0 aromatic carbocycles. The van der Waals surface area contributed by atoms with Gasteiger partial charge in [0.1, 0.15) is 0 Å². The second-order valence-electron chi connectivity index (χ2n) is 5.02. The molecule has 2 N–H and O–H groups in total. The van der Waals surface area contributed by atoms with E-state index in [-0.39, 0.29) is 18.8 Å². The fourth-order valence-corrected chi connectivity index (χ4v) is 2.80. The number of aliphatic hydroxyl groups is 2. The van der Waals surface area contributed by atoms with Crippen LogP contribution in [0.1, 0.15) is 25.7 Å². The van der Waals surface area contributed by atoms with Crippen LogP contribution in [0.25, 0.3) is 0 Å². The van der Waals surface area contributed by atoms with Crippen LogP contribution in [0.4, 0.5) is 0 Å². The van der Waals surface area contributed by atoms with Crippen LogP contribution in [-0.2, 0) is 4.74 Å². The smallest absolute Gasteiger partial charge is 0.0644 e. The van der Waals surface area contributed by atoms with Crippen molar-refractivity contribution in [1.82, 2.24) is 4.90 Å². The number of rotatable bonds is 3. The molecular formula is C12H23NO3. The molecule has 16 heavy (non-hydrogen) atoms. The van der Waals surface area contributed by atoms with Crippen LogP contribution in [0.3, 0.4) is 0 Å². The van der Waals surface area contributed by atoms with Crippen LogP contribution in [-0.4, -0.2) is 60.2 Å². The minimum atomic E-state index is -0.143. The van der Waals surface area contributed by atoms with Gasteiger partial charge in [-0.25, -0.2) is 0 Å². The Balaban J connectivity index is 1.86. The van der Waals surface area contributed by atoms with Crippen LogP contribution >= 0.6 is 0 Å². The highest BCUT2D eigenvalue weighted by Crippen LogP contribution is 2.26. The third kappa shape index (κ3) is 2.94. The van der Waals surface area contributed by atoms with Gasteiger partial charge in [-0.05, 0) is 18.8 Å². The fourth-order valence-electron chi connectivity index (χ4n) is 2.80. The number of aliphatic hydroxyl groups excluding tert-OH is 2. The van der Waals surface area contributed by atoms with Crippen LogP contribution in [0.15, 0.2) is 0 Å². The van der Waals surface area contributed by atoms with Gasteiger partial charge in [0.25, 0.3) is 0 Å². The van der Waals surface area contributed by atoms with E-state index in [1.807, 2.05) is 0 Å². The van der Waals surface area contributed by atoms with E-state index in [9.17, 15) is 10.2 Å². The van der Waals surface area contributed by atoms with Crippen molar-refractivity contribution < 1.29 is 14.9 Å². The SMILES string of the molecule is OCC1COCCN1CC1CCCCC1O. The van der Waals surface area contributed by atoms with E-state index in [0.29, 0.717) is 12.5 Å². The Hall–Kier alpha value is -0.160. The molecule has 1 saturated heterocycles. The summed E-state index contributed by atoms with van der Waals surface area (Å²) in [5, 5.41) is 19.2. The minimum Gasteiger partial charge on any atom is -0.395 e. The van der Waals surface area contributed by atoms with Gasteiger partial charge < -0.3 is 14.9 Å². The third-order valence-electron chi connectivity index (χ3n) is 3.90. The summed E-state index contributed by atoms with van der Waals surface area (Å²) in [6, 6.07) is 0.128. The zero-order chi connectivity index (χ0) is 11.4. The number of hydrogen-bond acceptors (Lipinski definition) is 4. The highest BCUT2D eigenvalue weighted by molar-refractivity contribution is 4.82. The Morgan fingerprint density at radius 2 is 2.06 bits per heavy atom. The first-order valence-corrected chi connectivity index (χ1v) is 6.42. The second-order valence-corrected chi connectivity index (χ2v) is 5.02. The van der Waals surface area contributed by atoms with E-state index in [1.165, 1.54) is 6.42 Å². The summed E-state index contributed by atoms with van der Waals surface area (Å²) in [4.78, 5) is 2.28. The first kappa shape index (κ1) is 12.3. The van der Waals surface area contributed by atoms with Crippen molar-refractivity contribution in [2.24, 2.45) is 5.92 Å². The fraction of sp³-hybridized carbons (Fsp3) is 1.00. The Kier molecular flexibility index (Phi) is 4.58. The van der Waals surface area contributed by atoms with Crippen LogP contribution in [0.2, 0.25) is 0 Å². The lowest BCUT2D eigenvalue weighted by Gasteiger charge is -2.39. The summed E-state index contributed by atoms with van der Waals surface area (Å²) in [5.74, 6) is 0.390. The van der Waals surface area contributed by atoms with E-state index in [1.54, 1.807) is 0 Å². The Morgan fingerprint density at radius 1 is 1.25 bits per heavy atom. The summed E-state index contributed by atoms with van der Waals surface area (Å²) in [6.07, 6.45) is 4.31. The molecule has 3 atom stereocenters. The molecule has 1 heterocycles. The van der Waals surface area contributed by atoms with Crippen molar-refractivity contribution in [2.45, 2.75) is 37.8 Å². The van der Waals surface area contributed by atoms with Gasteiger partial charge in [0, 0.05) is 13.1 Å². The molecule has 0 bridgehead atoms. The molecule has 1 saturated carbocycles. The lowest BCUT2D eigenvalue weighted by atomic mass is 9.86. The summed E-state index contributed by atoms with van der Waals surface area (Å²) in [6.45, 7) is 3.33. The molecule has 2 fully saturated rings. The van der Waals surface area contributed by atoms with Gasteiger partial charge in [0.2, 0.25) is 0 Å². The monoisotopic (exact) mass is 229 g/mol. The molecular weight excluding hydrogens is 206 g/mol. The van der Waals surface area contributed by atoms with Crippen LogP contribution < -0.4 is 0 Å². The maximum atomic E-state index is 9.94. The summed E-state index contributed by atoms with van der Waals surface area (Å²) in [7, 11) is 0. The van der Waals surface area contributed by atoms with Gasteiger partial charge in [-0.15, -0.1) is 0 Å². The standard InChI is InChI=1S/C12H23NO3/c14-8-11-9-16-6-5-13(11)7-10-3-1-2-4-12(10)15/h10-12,14-15H,1-9H2. The van der Waals surface area contributed by atoms with Crippen molar-refractivity contribution in [3.63, 3.8) is 0 Å². The average molecular weight is 229 g/mol. The second kappa shape index (κ2) is 5.96. The average Bonchev–Trinajstić information content (AvgIpc) is 2.33. The number of morpholine rings is 1. The molecule has 0 aromatic rings. The Bertz CT molecular complexity index is 212. The normalized spacial score (nSPS) is 37.5. The number of ether oxygens (including phenoxy) is 1. The molecule has 2 rings (SSSR count). The quantitative estimate of drug-likeness (QED) is 0.727. The molecule has 1 aliphatic heterocycles. The molecule has 1 aliphatic carbocycles. The van der Waals surface area contributed by atoms with Gasteiger partial charge in [0.05, 0.1) is 32.0 Å². The van der Waals surface area contributed by atoms with Gasteiger partial charge >= 0.3 is 0 Å². The number of hydrogen-bond donors (Lipinski definition) is 2. The lowest BCUT2D eigenvalue weighted by molar-refractivity contribution is -0.0483. The van der Waals surface area contributed by atoms with Crippen molar-refractivity contribution in [1.29, 1.82) is 0 Å². The molecule has 4 heteroatoms. The van der Waals surface area contributed by atoms with Crippen molar-refractivity contribution in [2.75, 3.05) is 32.9 Å². The first-order valence-electron chi connectivity index (χ1n) is 6.42. The lowest BCUT2D eigenvalue weighted by Crippen LogP contribution is -2.50. The van der Waals surface area contributed by atoms with Gasteiger partial charge in [-0.3, -0.25) is 4.90 Å². The maximum absolute atomic E-state index is 9.94. The highest BCUT2D eigenvalue weighted by Gasteiger charge is 2.29. The predicted molar refractivity (Wildman–Crippen MR) is 61.2 cm³/mol. The van der Waals surface area contributed by atoms with Crippen molar-refractivity contribution >= 4 is 0 Å². The van der Waals surface area contributed by atoms with E-state index >= 15 is 0 Å². The molecule has 0 spiro atoms. The summed E-state index contributed by atoms with van der Waals surface area (Å²) >= 11 is 0. The summed E-state index contributed by atoms with van der Waals surface area (Å²) < 4.78 is 5.36. The molecule has 0 aromatic heterocycles. The molecule has 2 aliphatic rings. The van der Waals surface area contributed by atoms with Crippen molar-refractivity contribution in [3.8, 4) is 0 Å². The largest absolute Gasteiger partial charge is 0.395 e. The number of nitrogens with zero attached hydrogens (tertiary/aromatic N) is 1. The Morgan fingerprint density at radius 3 is 2.81 bits per heavy atom. The van der Waals surface area contributed by atoms with Crippen molar-refractivity contribution in [3.05, 3.63) is 0 Å². The van der Waals surface area contributed by atoms with E-state index in [0.717, 1.165) is 39.0 Å².